The van der Waals surface area contributed by atoms with Crippen LogP contribution in [0, 0.1) is 5.95 Å². The lowest BCUT2D eigenvalue weighted by Crippen LogP contribution is -2.12. The quantitative estimate of drug-likeness (QED) is 0.703. The third-order valence-electron chi connectivity index (χ3n) is 2.93. The number of halogens is 1. The van der Waals surface area contributed by atoms with Crippen molar-refractivity contribution < 1.29 is 4.39 Å². The molecule has 1 aliphatic rings. The summed E-state index contributed by atoms with van der Waals surface area (Å²) >= 11 is 0. The molecule has 3 nitrogen and oxygen atoms in total. The van der Waals surface area contributed by atoms with Gasteiger partial charge in [0, 0.05) is 0 Å². The fourth-order valence-electron chi connectivity index (χ4n) is 2.12. The van der Waals surface area contributed by atoms with E-state index in [1.807, 2.05) is 0 Å². The highest BCUT2D eigenvalue weighted by Gasteiger charge is 2.18. The van der Waals surface area contributed by atoms with Crippen LogP contribution in [0.4, 0.5) is 10.1 Å². The lowest BCUT2D eigenvalue weighted by atomic mass is 10.1. The third kappa shape index (κ3) is 1.74. The van der Waals surface area contributed by atoms with E-state index in [0.29, 0.717) is 0 Å². The molecule has 1 aliphatic carbocycles. The molecule has 14 heavy (non-hydrogen) atoms. The van der Waals surface area contributed by atoms with E-state index in [1.165, 1.54) is 36.6 Å². The number of nitrogens with two attached hydrogens (primary N) is 1. The van der Waals surface area contributed by atoms with Crippen molar-refractivity contribution in [1.29, 1.82) is 0 Å². The van der Waals surface area contributed by atoms with E-state index in [1.54, 1.807) is 0 Å². The Hall–Kier alpha value is -1.06. The molecule has 78 valence electrons. The number of hydrogen-bond acceptors (Lipinski definition) is 2. The number of rotatable bonds is 1. The van der Waals surface area contributed by atoms with Crippen molar-refractivity contribution in [3.8, 4) is 0 Å². The minimum atomic E-state index is -0.364. The van der Waals surface area contributed by atoms with E-state index in [4.69, 9.17) is 5.73 Å². The van der Waals surface area contributed by atoms with Crippen LogP contribution in [-0.4, -0.2) is 9.78 Å². The Labute approximate surface area is 83.1 Å². The third-order valence-corrected chi connectivity index (χ3v) is 2.93. The lowest BCUT2D eigenvalue weighted by Gasteiger charge is -2.14. The van der Waals surface area contributed by atoms with Gasteiger partial charge in [-0.05, 0) is 12.8 Å². The summed E-state index contributed by atoms with van der Waals surface area (Å²) in [5, 5.41) is 4.00. The van der Waals surface area contributed by atoms with Crippen LogP contribution in [0.2, 0.25) is 0 Å². The normalized spacial score (nSPS) is 19.5. The molecule has 4 heteroatoms. The number of anilines is 1. The van der Waals surface area contributed by atoms with Crippen LogP contribution in [0.1, 0.15) is 44.6 Å². The minimum absolute atomic E-state index is 0.161. The molecule has 0 radical (unpaired) electrons. The maximum absolute atomic E-state index is 13.5. The molecular formula is C10H16FN3. The van der Waals surface area contributed by atoms with Gasteiger partial charge in [0.1, 0.15) is 5.69 Å². The van der Waals surface area contributed by atoms with Crippen LogP contribution >= 0.6 is 0 Å². The molecular weight excluding hydrogens is 181 g/mol. The highest BCUT2D eigenvalue weighted by Crippen LogP contribution is 2.28. The molecule has 1 fully saturated rings. The van der Waals surface area contributed by atoms with Gasteiger partial charge in [0.15, 0.2) is 0 Å². The maximum Gasteiger partial charge on any atom is 0.234 e. The molecule has 1 aromatic heterocycles. The zero-order chi connectivity index (χ0) is 9.97. The van der Waals surface area contributed by atoms with Crippen LogP contribution in [0.15, 0.2) is 6.20 Å². The number of hydrogen-bond donors (Lipinski definition) is 1. The van der Waals surface area contributed by atoms with E-state index < -0.39 is 0 Å². The summed E-state index contributed by atoms with van der Waals surface area (Å²) < 4.78 is 14.9. The first-order valence-corrected chi connectivity index (χ1v) is 5.27. The van der Waals surface area contributed by atoms with E-state index in [-0.39, 0.29) is 17.7 Å². The highest BCUT2D eigenvalue weighted by atomic mass is 19.1. The Bertz CT molecular complexity index is 300. The van der Waals surface area contributed by atoms with Gasteiger partial charge in [-0.15, -0.1) is 0 Å². The molecule has 1 aromatic rings. The molecule has 1 heterocycles. The van der Waals surface area contributed by atoms with E-state index >= 15 is 0 Å². The molecule has 0 saturated heterocycles. The molecule has 0 unspecified atom stereocenters. The largest absolute Gasteiger partial charge is 0.394 e. The van der Waals surface area contributed by atoms with Crippen molar-refractivity contribution in [2.75, 3.05) is 5.73 Å². The molecule has 0 spiro atoms. The number of nitrogens with zero attached hydrogens (tertiary/aromatic N) is 2. The molecule has 0 amide bonds. The van der Waals surface area contributed by atoms with Crippen LogP contribution < -0.4 is 5.73 Å². The van der Waals surface area contributed by atoms with Gasteiger partial charge in [-0.3, -0.25) is 0 Å². The first-order valence-electron chi connectivity index (χ1n) is 5.27. The van der Waals surface area contributed by atoms with Gasteiger partial charge in [-0.25, -0.2) is 4.68 Å². The summed E-state index contributed by atoms with van der Waals surface area (Å²) in [7, 11) is 0. The van der Waals surface area contributed by atoms with Gasteiger partial charge in [0.2, 0.25) is 5.95 Å². The Kier molecular flexibility index (Phi) is 2.70. The van der Waals surface area contributed by atoms with E-state index in [0.717, 1.165) is 12.8 Å². The Balaban J connectivity index is 2.16. The van der Waals surface area contributed by atoms with Gasteiger partial charge >= 0.3 is 0 Å². The standard InChI is InChI=1S/C10H16FN3/c11-10-9(12)7-13-14(10)8-5-3-1-2-4-6-8/h7-8H,1-6,12H2. The van der Waals surface area contributed by atoms with Crippen LogP contribution in [0.25, 0.3) is 0 Å². The second-order valence-corrected chi connectivity index (χ2v) is 3.98. The smallest absolute Gasteiger partial charge is 0.234 e. The van der Waals surface area contributed by atoms with E-state index in [9.17, 15) is 4.39 Å². The molecule has 2 rings (SSSR count). The first-order chi connectivity index (χ1) is 6.79. The average Bonchev–Trinajstić information content (AvgIpc) is 2.47. The monoisotopic (exact) mass is 197 g/mol. The van der Waals surface area contributed by atoms with Crippen molar-refractivity contribution in [3.63, 3.8) is 0 Å². The molecule has 0 aromatic carbocycles. The van der Waals surface area contributed by atoms with Gasteiger partial charge in [0.25, 0.3) is 0 Å². The second kappa shape index (κ2) is 3.98. The fraction of sp³-hybridized carbons (Fsp3) is 0.700. The summed E-state index contributed by atoms with van der Waals surface area (Å²) in [6.45, 7) is 0. The molecule has 2 N–H and O–H groups in total. The predicted molar refractivity (Wildman–Crippen MR) is 53.3 cm³/mol. The highest BCUT2D eigenvalue weighted by molar-refractivity contribution is 5.32. The zero-order valence-electron chi connectivity index (χ0n) is 8.25. The summed E-state index contributed by atoms with van der Waals surface area (Å²) in [6.07, 6.45) is 8.31. The Morgan fingerprint density at radius 1 is 1.29 bits per heavy atom. The Morgan fingerprint density at radius 3 is 2.43 bits per heavy atom. The topological polar surface area (TPSA) is 43.8 Å². The van der Waals surface area contributed by atoms with Gasteiger partial charge in [-0.1, -0.05) is 25.7 Å². The Morgan fingerprint density at radius 2 is 1.93 bits per heavy atom. The van der Waals surface area contributed by atoms with E-state index in [2.05, 4.69) is 5.10 Å². The number of nitrogen functional groups attached to an aromatic ring is 1. The van der Waals surface area contributed by atoms with Crippen LogP contribution in [0.3, 0.4) is 0 Å². The van der Waals surface area contributed by atoms with Gasteiger partial charge in [0.05, 0.1) is 12.2 Å². The fourth-order valence-corrected chi connectivity index (χ4v) is 2.12. The first kappa shape index (κ1) is 9.49. The summed E-state index contributed by atoms with van der Waals surface area (Å²) in [4.78, 5) is 0. The number of aromatic nitrogens is 2. The van der Waals surface area contributed by atoms with Crippen LogP contribution in [-0.2, 0) is 0 Å². The summed E-state index contributed by atoms with van der Waals surface area (Å²) in [5.41, 5.74) is 5.59. The second-order valence-electron chi connectivity index (χ2n) is 3.98. The minimum Gasteiger partial charge on any atom is -0.394 e. The van der Waals surface area contributed by atoms with Crippen LogP contribution in [0.5, 0.6) is 0 Å². The molecule has 0 aliphatic heterocycles. The predicted octanol–water partition coefficient (Wildman–Crippen LogP) is 2.50. The van der Waals surface area contributed by atoms with Crippen molar-refractivity contribution >= 4 is 5.69 Å². The summed E-state index contributed by atoms with van der Waals surface area (Å²) in [5.74, 6) is -0.364. The van der Waals surface area contributed by atoms with Gasteiger partial charge < -0.3 is 5.73 Å². The van der Waals surface area contributed by atoms with Gasteiger partial charge in [-0.2, -0.15) is 9.49 Å². The lowest BCUT2D eigenvalue weighted by molar-refractivity contribution is 0.345. The SMILES string of the molecule is Nc1cnn(C2CCCCCC2)c1F. The van der Waals surface area contributed by atoms with Crippen molar-refractivity contribution in [1.82, 2.24) is 9.78 Å². The van der Waals surface area contributed by atoms with Crippen molar-refractivity contribution in [2.45, 2.75) is 44.6 Å². The summed E-state index contributed by atoms with van der Waals surface area (Å²) in [6, 6.07) is 0.217. The molecule has 1 saturated carbocycles. The average molecular weight is 197 g/mol. The zero-order valence-corrected chi connectivity index (χ0v) is 8.25. The van der Waals surface area contributed by atoms with Crippen molar-refractivity contribution in [3.05, 3.63) is 12.1 Å². The molecule has 0 atom stereocenters. The van der Waals surface area contributed by atoms with Crippen molar-refractivity contribution in [2.24, 2.45) is 0 Å². The molecule has 0 bridgehead atoms. The maximum atomic E-state index is 13.5.